The third kappa shape index (κ3) is 2.73. The van der Waals surface area contributed by atoms with Crippen molar-refractivity contribution in [2.24, 2.45) is 0 Å². The lowest BCUT2D eigenvalue weighted by atomic mass is 10.2. The Morgan fingerprint density at radius 1 is 1.15 bits per heavy atom. The number of benzene rings is 1. The first-order chi connectivity index (χ1) is 9.76. The van der Waals surface area contributed by atoms with Crippen LogP contribution in [0.5, 0.6) is 0 Å². The van der Waals surface area contributed by atoms with E-state index in [9.17, 15) is 0 Å². The number of nitrogens with zero attached hydrogens (tertiary/aromatic N) is 3. The Morgan fingerprint density at radius 3 is 2.80 bits per heavy atom. The molecule has 0 bridgehead atoms. The molecule has 2 heterocycles. The maximum Gasteiger partial charge on any atom is 0.225 e. The summed E-state index contributed by atoms with van der Waals surface area (Å²) in [5, 5.41) is 2.54. The number of thioether (sulfide) groups is 2. The van der Waals surface area contributed by atoms with Gasteiger partial charge in [-0.25, -0.2) is 0 Å². The highest BCUT2D eigenvalue weighted by molar-refractivity contribution is 7.99. The molecule has 3 aromatic rings. The number of H-pyrrole nitrogens is 1. The predicted molar refractivity (Wildman–Crippen MR) is 83.9 cm³/mol. The number of nitrogen functional groups attached to an aromatic ring is 1. The molecule has 0 saturated heterocycles. The molecule has 5 nitrogen and oxygen atoms in total. The van der Waals surface area contributed by atoms with Gasteiger partial charge in [0.1, 0.15) is 0 Å². The zero-order chi connectivity index (χ0) is 13.9. The minimum absolute atomic E-state index is 0.269. The maximum absolute atomic E-state index is 5.68. The maximum atomic E-state index is 5.68. The lowest BCUT2D eigenvalue weighted by Gasteiger charge is -2.02. The topological polar surface area (TPSA) is 80.5 Å². The lowest BCUT2D eigenvalue weighted by Crippen LogP contribution is -2.00. The summed E-state index contributed by atoms with van der Waals surface area (Å²) >= 11 is 3.02. The van der Waals surface area contributed by atoms with Crippen molar-refractivity contribution in [2.45, 2.75) is 16.1 Å². The summed E-state index contributed by atoms with van der Waals surface area (Å²) in [4.78, 5) is 15.8. The van der Waals surface area contributed by atoms with Crippen molar-refractivity contribution in [3.63, 3.8) is 0 Å². The fourth-order valence-corrected chi connectivity index (χ4v) is 3.15. The molecule has 0 radical (unpaired) electrons. The number of rotatable bonds is 4. The first kappa shape index (κ1) is 13.3. The highest BCUT2D eigenvalue weighted by Gasteiger charge is 2.07. The zero-order valence-corrected chi connectivity index (χ0v) is 12.5. The molecule has 0 fully saturated rings. The van der Waals surface area contributed by atoms with Crippen LogP contribution in [0.4, 0.5) is 5.95 Å². The standard InChI is InChI=1S/C13H13N5S2/c1-19-12-16-11(14)17-13(18-12)20-7-8-6-15-10-5-3-2-4-9(8)10/h2-6,15H,7H2,1H3,(H2,14,16,17,18). The number of aromatic amines is 1. The first-order valence-corrected chi connectivity index (χ1v) is 8.20. The number of nitrogens with one attached hydrogen (secondary N) is 1. The fourth-order valence-electron chi connectivity index (χ4n) is 1.90. The molecule has 1 aromatic carbocycles. The number of aromatic nitrogens is 4. The van der Waals surface area contributed by atoms with Gasteiger partial charge in [0.05, 0.1) is 0 Å². The Labute approximate surface area is 124 Å². The van der Waals surface area contributed by atoms with Crippen LogP contribution in [-0.4, -0.2) is 26.2 Å². The van der Waals surface area contributed by atoms with Crippen LogP contribution in [0.25, 0.3) is 10.9 Å². The molecule has 3 N–H and O–H groups in total. The van der Waals surface area contributed by atoms with Crippen LogP contribution < -0.4 is 5.73 Å². The Hall–Kier alpha value is -1.73. The fraction of sp³-hybridized carbons (Fsp3) is 0.154. The van der Waals surface area contributed by atoms with E-state index in [4.69, 9.17) is 5.73 Å². The second-order valence-electron chi connectivity index (χ2n) is 4.11. The van der Waals surface area contributed by atoms with Gasteiger partial charge in [-0.05, 0) is 17.9 Å². The van der Waals surface area contributed by atoms with Gasteiger partial charge < -0.3 is 10.7 Å². The number of fused-ring (bicyclic) bond motifs is 1. The van der Waals surface area contributed by atoms with E-state index in [0.717, 1.165) is 11.3 Å². The van der Waals surface area contributed by atoms with Crippen LogP contribution in [0.15, 0.2) is 40.8 Å². The van der Waals surface area contributed by atoms with Crippen LogP contribution in [-0.2, 0) is 5.75 Å². The molecule has 0 amide bonds. The SMILES string of the molecule is CSc1nc(N)nc(SCc2c[nH]c3ccccc23)n1. The zero-order valence-electron chi connectivity index (χ0n) is 10.8. The second kappa shape index (κ2) is 5.72. The van der Waals surface area contributed by atoms with Gasteiger partial charge in [0.25, 0.3) is 0 Å². The Kier molecular flexibility index (Phi) is 3.79. The molecule has 0 spiro atoms. The summed E-state index contributed by atoms with van der Waals surface area (Å²) in [5.74, 6) is 1.06. The Morgan fingerprint density at radius 2 is 1.95 bits per heavy atom. The summed E-state index contributed by atoms with van der Waals surface area (Å²) in [6.07, 6.45) is 3.95. The van der Waals surface area contributed by atoms with E-state index in [0.29, 0.717) is 10.3 Å². The minimum atomic E-state index is 0.269. The first-order valence-electron chi connectivity index (χ1n) is 5.99. The molecule has 3 rings (SSSR count). The van der Waals surface area contributed by atoms with Crippen molar-refractivity contribution < 1.29 is 0 Å². The van der Waals surface area contributed by atoms with Gasteiger partial charge >= 0.3 is 0 Å². The predicted octanol–water partition coefficient (Wildman–Crippen LogP) is 2.95. The molecule has 0 aliphatic rings. The van der Waals surface area contributed by atoms with Gasteiger partial charge in [0.15, 0.2) is 10.3 Å². The smallest absolute Gasteiger partial charge is 0.225 e. The molecule has 2 aromatic heterocycles. The number of hydrogen-bond donors (Lipinski definition) is 2. The van der Waals surface area contributed by atoms with Crippen molar-refractivity contribution in [2.75, 3.05) is 12.0 Å². The summed E-state index contributed by atoms with van der Waals surface area (Å²) in [5.41, 5.74) is 8.05. The van der Waals surface area contributed by atoms with Gasteiger partial charge in [-0.2, -0.15) is 15.0 Å². The molecule has 7 heteroatoms. The summed E-state index contributed by atoms with van der Waals surface area (Å²) in [6.45, 7) is 0. The molecule has 20 heavy (non-hydrogen) atoms. The Balaban J connectivity index is 1.81. The highest BCUT2D eigenvalue weighted by atomic mass is 32.2. The third-order valence-corrected chi connectivity index (χ3v) is 4.27. The van der Waals surface area contributed by atoms with Gasteiger partial charge in [0.2, 0.25) is 5.95 Å². The van der Waals surface area contributed by atoms with E-state index >= 15 is 0 Å². The van der Waals surface area contributed by atoms with Crippen LogP contribution in [0.2, 0.25) is 0 Å². The molecule has 0 unspecified atom stereocenters. The average molecular weight is 303 g/mol. The van der Waals surface area contributed by atoms with Gasteiger partial charge in [-0.3, -0.25) is 0 Å². The largest absolute Gasteiger partial charge is 0.368 e. The van der Waals surface area contributed by atoms with Crippen molar-refractivity contribution in [1.82, 2.24) is 19.9 Å². The van der Waals surface area contributed by atoms with E-state index in [1.54, 1.807) is 11.8 Å². The van der Waals surface area contributed by atoms with Crippen molar-refractivity contribution in [3.8, 4) is 0 Å². The number of para-hydroxylation sites is 1. The molecule has 0 aliphatic carbocycles. The van der Waals surface area contributed by atoms with Gasteiger partial charge in [0, 0.05) is 22.9 Å². The molecular weight excluding hydrogens is 290 g/mol. The quantitative estimate of drug-likeness (QED) is 0.721. The monoisotopic (exact) mass is 303 g/mol. The van der Waals surface area contributed by atoms with Gasteiger partial charge in [-0.1, -0.05) is 41.7 Å². The number of anilines is 1. The molecule has 102 valence electrons. The molecule has 0 aliphatic heterocycles. The number of nitrogens with two attached hydrogens (primary N) is 1. The third-order valence-electron chi connectivity index (χ3n) is 2.83. The Bertz CT molecular complexity index is 740. The van der Waals surface area contributed by atoms with Crippen LogP contribution in [0.3, 0.4) is 0 Å². The molecular formula is C13H13N5S2. The summed E-state index contributed by atoms with van der Waals surface area (Å²) in [6, 6.07) is 8.23. The minimum Gasteiger partial charge on any atom is -0.368 e. The van der Waals surface area contributed by atoms with Crippen molar-refractivity contribution in [1.29, 1.82) is 0 Å². The van der Waals surface area contributed by atoms with E-state index in [-0.39, 0.29) is 5.95 Å². The van der Waals surface area contributed by atoms with Gasteiger partial charge in [-0.15, -0.1) is 0 Å². The highest BCUT2D eigenvalue weighted by Crippen LogP contribution is 2.26. The summed E-state index contributed by atoms with van der Waals surface area (Å²) in [7, 11) is 0. The van der Waals surface area contributed by atoms with E-state index < -0.39 is 0 Å². The second-order valence-corrected chi connectivity index (χ2v) is 5.83. The van der Waals surface area contributed by atoms with Crippen molar-refractivity contribution >= 4 is 40.4 Å². The van der Waals surface area contributed by atoms with E-state index in [1.165, 1.54) is 22.7 Å². The van der Waals surface area contributed by atoms with Crippen LogP contribution >= 0.6 is 23.5 Å². The average Bonchev–Trinajstić information content (AvgIpc) is 2.88. The normalized spacial score (nSPS) is 11.1. The number of hydrogen-bond acceptors (Lipinski definition) is 6. The van der Waals surface area contributed by atoms with Crippen molar-refractivity contribution in [3.05, 3.63) is 36.0 Å². The van der Waals surface area contributed by atoms with E-state index in [1.807, 2.05) is 24.6 Å². The van der Waals surface area contributed by atoms with Crippen LogP contribution in [0, 0.1) is 0 Å². The molecule has 0 atom stereocenters. The van der Waals surface area contributed by atoms with E-state index in [2.05, 4.69) is 32.1 Å². The molecule has 0 saturated carbocycles. The summed E-state index contributed by atoms with van der Waals surface area (Å²) < 4.78 is 0. The van der Waals surface area contributed by atoms with Crippen LogP contribution in [0.1, 0.15) is 5.56 Å². The lowest BCUT2D eigenvalue weighted by molar-refractivity contribution is 0.814.